The second-order valence-corrected chi connectivity index (χ2v) is 5.61. The van der Waals surface area contributed by atoms with Crippen LogP contribution in [-0.2, 0) is 6.61 Å². The standard InChI is InChI=1S/C19H23NO3/c1-4-11-23-18-10-9-16(12-17(18)13-21)14-5-7-15(8-6-14)19(22)20(2)3/h5-10,12,21H,4,11,13H2,1-3H3. The first-order valence-electron chi connectivity index (χ1n) is 7.75. The van der Waals surface area contributed by atoms with E-state index in [9.17, 15) is 9.90 Å². The van der Waals surface area contributed by atoms with E-state index in [0.717, 1.165) is 28.9 Å². The Hall–Kier alpha value is -2.33. The summed E-state index contributed by atoms with van der Waals surface area (Å²) < 4.78 is 5.63. The summed E-state index contributed by atoms with van der Waals surface area (Å²) in [5.74, 6) is 0.702. The highest BCUT2D eigenvalue weighted by Gasteiger charge is 2.09. The van der Waals surface area contributed by atoms with Gasteiger partial charge >= 0.3 is 0 Å². The number of aliphatic hydroxyl groups excluding tert-OH is 1. The van der Waals surface area contributed by atoms with Gasteiger partial charge in [-0.05, 0) is 41.8 Å². The third kappa shape index (κ3) is 4.11. The van der Waals surface area contributed by atoms with E-state index in [4.69, 9.17) is 4.74 Å². The maximum absolute atomic E-state index is 11.9. The highest BCUT2D eigenvalue weighted by molar-refractivity contribution is 5.94. The highest BCUT2D eigenvalue weighted by Crippen LogP contribution is 2.27. The Bertz CT molecular complexity index is 663. The zero-order valence-corrected chi connectivity index (χ0v) is 13.9. The summed E-state index contributed by atoms with van der Waals surface area (Å²) in [6.07, 6.45) is 0.925. The van der Waals surface area contributed by atoms with Gasteiger partial charge in [-0.15, -0.1) is 0 Å². The van der Waals surface area contributed by atoms with E-state index < -0.39 is 0 Å². The fourth-order valence-corrected chi connectivity index (χ4v) is 2.30. The van der Waals surface area contributed by atoms with Gasteiger partial charge in [0.05, 0.1) is 13.2 Å². The molecule has 1 amide bonds. The fourth-order valence-electron chi connectivity index (χ4n) is 2.30. The van der Waals surface area contributed by atoms with E-state index in [-0.39, 0.29) is 12.5 Å². The van der Waals surface area contributed by atoms with Gasteiger partial charge in [-0.3, -0.25) is 4.79 Å². The number of carbonyl (C=O) groups excluding carboxylic acids is 1. The fraction of sp³-hybridized carbons (Fsp3) is 0.316. The lowest BCUT2D eigenvalue weighted by Crippen LogP contribution is -2.21. The number of hydrogen-bond acceptors (Lipinski definition) is 3. The normalized spacial score (nSPS) is 10.4. The van der Waals surface area contributed by atoms with Crippen molar-refractivity contribution in [1.29, 1.82) is 0 Å². The van der Waals surface area contributed by atoms with Crippen molar-refractivity contribution in [2.45, 2.75) is 20.0 Å². The van der Waals surface area contributed by atoms with Gasteiger partial charge < -0.3 is 14.7 Å². The van der Waals surface area contributed by atoms with Crippen molar-refractivity contribution in [3.8, 4) is 16.9 Å². The molecule has 2 aromatic rings. The number of benzene rings is 2. The first kappa shape index (κ1) is 17.0. The Morgan fingerprint density at radius 3 is 2.30 bits per heavy atom. The highest BCUT2D eigenvalue weighted by atomic mass is 16.5. The molecule has 0 aliphatic heterocycles. The minimum Gasteiger partial charge on any atom is -0.493 e. The zero-order valence-electron chi connectivity index (χ0n) is 13.9. The largest absolute Gasteiger partial charge is 0.493 e. The summed E-state index contributed by atoms with van der Waals surface area (Å²) in [5.41, 5.74) is 3.41. The maximum atomic E-state index is 11.9. The van der Waals surface area contributed by atoms with Gasteiger partial charge in [0.2, 0.25) is 0 Å². The van der Waals surface area contributed by atoms with Crippen LogP contribution < -0.4 is 4.74 Å². The van der Waals surface area contributed by atoms with Crippen LogP contribution in [0.2, 0.25) is 0 Å². The van der Waals surface area contributed by atoms with Crippen molar-refractivity contribution < 1.29 is 14.6 Å². The van der Waals surface area contributed by atoms with Gasteiger partial charge in [0.15, 0.2) is 0 Å². The van der Waals surface area contributed by atoms with E-state index in [0.29, 0.717) is 12.2 Å². The number of hydrogen-bond donors (Lipinski definition) is 1. The van der Waals surface area contributed by atoms with Crippen LogP contribution in [-0.4, -0.2) is 36.6 Å². The van der Waals surface area contributed by atoms with E-state index in [2.05, 4.69) is 0 Å². The lowest BCUT2D eigenvalue weighted by Gasteiger charge is -2.13. The zero-order chi connectivity index (χ0) is 16.8. The van der Waals surface area contributed by atoms with E-state index >= 15 is 0 Å². The topological polar surface area (TPSA) is 49.8 Å². The van der Waals surface area contributed by atoms with Crippen molar-refractivity contribution in [1.82, 2.24) is 4.90 Å². The number of carbonyl (C=O) groups is 1. The van der Waals surface area contributed by atoms with Crippen molar-refractivity contribution >= 4 is 5.91 Å². The summed E-state index contributed by atoms with van der Waals surface area (Å²) >= 11 is 0. The van der Waals surface area contributed by atoms with Gasteiger partial charge in [0.25, 0.3) is 5.91 Å². The molecule has 0 aromatic heterocycles. The molecule has 0 saturated heterocycles. The summed E-state index contributed by atoms with van der Waals surface area (Å²) in [7, 11) is 3.47. The molecule has 0 spiro atoms. The van der Waals surface area contributed by atoms with Crippen LogP contribution in [0.3, 0.4) is 0 Å². The third-order valence-corrected chi connectivity index (χ3v) is 3.56. The van der Waals surface area contributed by atoms with Crippen LogP contribution in [0.4, 0.5) is 0 Å². The lowest BCUT2D eigenvalue weighted by atomic mass is 10.0. The summed E-state index contributed by atoms with van der Waals surface area (Å²) in [6.45, 7) is 2.61. The number of ether oxygens (including phenoxy) is 1. The first-order valence-corrected chi connectivity index (χ1v) is 7.75. The van der Waals surface area contributed by atoms with E-state index in [1.54, 1.807) is 19.0 Å². The predicted molar refractivity (Wildman–Crippen MR) is 91.6 cm³/mol. The monoisotopic (exact) mass is 313 g/mol. The second-order valence-electron chi connectivity index (χ2n) is 5.61. The molecule has 0 heterocycles. The SMILES string of the molecule is CCCOc1ccc(-c2ccc(C(=O)N(C)C)cc2)cc1CO. The quantitative estimate of drug-likeness (QED) is 0.890. The Morgan fingerprint density at radius 2 is 1.74 bits per heavy atom. The summed E-state index contributed by atoms with van der Waals surface area (Å²) in [4.78, 5) is 13.5. The van der Waals surface area contributed by atoms with Crippen LogP contribution in [0.1, 0.15) is 29.3 Å². The van der Waals surface area contributed by atoms with Gasteiger partial charge in [0, 0.05) is 25.2 Å². The summed E-state index contributed by atoms with van der Waals surface area (Å²) in [6, 6.07) is 13.2. The van der Waals surface area contributed by atoms with Crippen LogP contribution in [0.15, 0.2) is 42.5 Å². The van der Waals surface area contributed by atoms with Crippen molar-refractivity contribution in [3.05, 3.63) is 53.6 Å². The van der Waals surface area contributed by atoms with Crippen molar-refractivity contribution in [3.63, 3.8) is 0 Å². The molecule has 23 heavy (non-hydrogen) atoms. The number of aliphatic hydroxyl groups is 1. The Morgan fingerprint density at radius 1 is 1.09 bits per heavy atom. The van der Waals surface area contributed by atoms with Crippen LogP contribution in [0.25, 0.3) is 11.1 Å². The summed E-state index contributed by atoms with van der Waals surface area (Å²) in [5, 5.41) is 9.54. The second kappa shape index (κ2) is 7.79. The van der Waals surface area contributed by atoms with Gasteiger partial charge in [-0.2, -0.15) is 0 Å². The molecule has 0 atom stereocenters. The van der Waals surface area contributed by atoms with E-state index in [1.165, 1.54) is 0 Å². The Balaban J connectivity index is 2.26. The molecular formula is C19H23NO3. The van der Waals surface area contributed by atoms with Crippen molar-refractivity contribution in [2.24, 2.45) is 0 Å². The molecule has 2 rings (SSSR count). The molecule has 0 unspecified atom stereocenters. The lowest BCUT2D eigenvalue weighted by molar-refractivity contribution is 0.0827. The predicted octanol–water partition coefficient (Wildman–Crippen LogP) is 3.34. The Kier molecular flexibility index (Phi) is 5.77. The molecular weight excluding hydrogens is 290 g/mol. The minimum absolute atomic E-state index is 0.0177. The van der Waals surface area contributed by atoms with Gasteiger partial charge in [-0.1, -0.05) is 25.1 Å². The molecule has 0 saturated carbocycles. The number of amides is 1. The third-order valence-electron chi connectivity index (χ3n) is 3.56. The molecule has 0 bridgehead atoms. The molecule has 122 valence electrons. The smallest absolute Gasteiger partial charge is 0.253 e. The van der Waals surface area contributed by atoms with Gasteiger partial charge in [0.1, 0.15) is 5.75 Å². The molecule has 4 heteroatoms. The minimum atomic E-state index is -0.0654. The average Bonchev–Trinajstić information content (AvgIpc) is 2.59. The van der Waals surface area contributed by atoms with Gasteiger partial charge in [-0.25, -0.2) is 0 Å². The molecule has 0 aliphatic carbocycles. The van der Waals surface area contributed by atoms with Crippen LogP contribution in [0.5, 0.6) is 5.75 Å². The maximum Gasteiger partial charge on any atom is 0.253 e. The molecule has 0 fully saturated rings. The molecule has 2 aromatic carbocycles. The molecule has 0 radical (unpaired) electrons. The van der Waals surface area contributed by atoms with Crippen LogP contribution in [0, 0.1) is 0 Å². The molecule has 0 aliphatic rings. The van der Waals surface area contributed by atoms with Crippen LogP contribution >= 0.6 is 0 Å². The Labute approximate surface area is 137 Å². The number of rotatable bonds is 6. The molecule has 1 N–H and O–H groups in total. The average molecular weight is 313 g/mol. The van der Waals surface area contributed by atoms with Crippen molar-refractivity contribution in [2.75, 3.05) is 20.7 Å². The number of nitrogens with zero attached hydrogens (tertiary/aromatic N) is 1. The molecule has 4 nitrogen and oxygen atoms in total. The van der Waals surface area contributed by atoms with E-state index in [1.807, 2.05) is 49.4 Å². The first-order chi connectivity index (χ1) is 11.1.